The van der Waals surface area contributed by atoms with Crippen LogP contribution in [0.2, 0.25) is 0 Å². The first-order valence-corrected chi connectivity index (χ1v) is 9.67. The summed E-state index contributed by atoms with van der Waals surface area (Å²) in [7, 11) is 0. The zero-order valence-electron chi connectivity index (χ0n) is 18.7. The van der Waals surface area contributed by atoms with E-state index in [1.807, 2.05) is 0 Å². The van der Waals surface area contributed by atoms with Gasteiger partial charge in [0.15, 0.2) is 11.5 Å². The van der Waals surface area contributed by atoms with Gasteiger partial charge in [-0.25, -0.2) is 58.1 Å². The van der Waals surface area contributed by atoms with Crippen LogP contribution in [0, 0.1) is 5.92 Å². The number of carbonyl (C=O) groups is 6. The van der Waals surface area contributed by atoms with E-state index < -0.39 is 90.8 Å². The molecular weight excluding hydrogens is 524 g/mol. The van der Waals surface area contributed by atoms with Gasteiger partial charge in [-0.3, -0.25) is 0 Å². The topological polar surface area (TPSA) is 309 Å². The second-order valence-corrected chi connectivity index (χ2v) is 7.28. The minimum atomic E-state index is -3.97. The Labute approximate surface area is 204 Å². The molecule has 0 bridgehead atoms. The fourth-order valence-corrected chi connectivity index (χ4v) is 3.06. The van der Waals surface area contributed by atoms with Gasteiger partial charge in [0.25, 0.3) is 0 Å². The lowest BCUT2D eigenvalue weighted by molar-refractivity contribution is -0.383. The second-order valence-electron chi connectivity index (χ2n) is 7.28. The quantitative estimate of drug-likeness (QED) is 0.116. The molecule has 1 heterocycles. The van der Waals surface area contributed by atoms with E-state index in [0.29, 0.717) is 6.92 Å². The largest absolute Gasteiger partial charge is 0.547 e. The van der Waals surface area contributed by atoms with Gasteiger partial charge < -0.3 is 40.5 Å². The van der Waals surface area contributed by atoms with Crippen molar-refractivity contribution in [3.63, 3.8) is 0 Å². The van der Waals surface area contributed by atoms with Gasteiger partial charge in [0.2, 0.25) is 5.79 Å². The first-order chi connectivity index (χ1) is 17.0. The van der Waals surface area contributed by atoms with Gasteiger partial charge >= 0.3 is 36.0 Å². The Bertz CT molecular complexity index is 899. The molecule has 3 unspecified atom stereocenters. The van der Waals surface area contributed by atoms with Gasteiger partial charge in [-0.2, -0.15) is 0 Å². The van der Waals surface area contributed by atoms with Crippen LogP contribution < -0.4 is 0 Å². The highest BCUT2D eigenvalue weighted by molar-refractivity contribution is 5.92. The van der Waals surface area contributed by atoms with Crippen molar-refractivity contribution in [3.8, 4) is 0 Å². The molecule has 0 aromatic carbocycles. The molecular formula is C17H22O20. The zero-order chi connectivity index (χ0) is 28.7. The summed E-state index contributed by atoms with van der Waals surface area (Å²) >= 11 is 0. The molecule has 1 aliphatic rings. The Morgan fingerprint density at radius 3 is 1.92 bits per heavy atom. The van der Waals surface area contributed by atoms with Gasteiger partial charge in [-0.05, 0) is 0 Å². The Hall–Kier alpha value is -3.66. The molecule has 7 N–H and O–H groups in total. The minimum Gasteiger partial charge on any atom is -0.447 e. The molecule has 1 fully saturated rings. The highest BCUT2D eigenvalue weighted by Gasteiger charge is 2.69. The predicted octanol–water partition coefficient (Wildman–Crippen LogP) is -4.92. The summed E-state index contributed by atoms with van der Waals surface area (Å²) in [6.07, 6.45) is -13.8. The molecule has 20 nitrogen and oxygen atoms in total. The van der Waals surface area contributed by atoms with E-state index in [0.717, 1.165) is 6.92 Å². The number of rotatable bonds is 7. The molecule has 0 spiro atoms. The first kappa shape index (κ1) is 31.4. The molecule has 210 valence electrons. The summed E-state index contributed by atoms with van der Waals surface area (Å²) in [5.41, 5.74) is -3.97. The van der Waals surface area contributed by atoms with E-state index in [1.54, 1.807) is 0 Å². The number of aliphatic hydroxyl groups excluding tert-OH is 4. The van der Waals surface area contributed by atoms with Gasteiger partial charge in [0.05, 0.1) is 13.0 Å². The van der Waals surface area contributed by atoms with Gasteiger partial charge in [0, 0.05) is 13.8 Å². The lowest BCUT2D eigenvalue weighted by Crippen LogP contribution is -2.73. The molecule has 0 amide bonds. The van der Waals surface area contributed by atoms with Gasteiger partial charge in [0.1, 0.15) is 24.4 Å². The van der Waals surface area contributed by atoms with Crippen LogP contribution in [0.5, 0.6) is 0 Å². The fourth-order valence-electron chi connectivity index (χ4n) is 3.06. The molecule has 37 heavy (non-hydrogen) atoms. The number of carboxylic acid groups (broad SMARTS) is 1. The monoisotopic (exact) mass is 546 g/mol. The van der Waals surface area contributed by atoms with E-state index in [1.165, 1.54) is 0 Å². The molecule has 0 aliphatic carbocycles. The Morgan fingerprint density at radius 2 is 1.43 bits per heavy atom. The van der Waals surface area contributed by atoms with Crippen LogP contribution in [0.25, 0.3) is 0 Å². The Morgan fingerprint density at radius 1 is 0.892 bits per heavy atom. The summed E-state index contributed by atoms with van der Waals surface area (Å²) in [4.78, 5) is 93.3. The lowest BCUT2D eigenvalue weighted by atomic mass is 9.73. The molecule has 7 atom stereocenters. The molecule has 1 aliphatic heterocycles. The van der Waals surface area contributed by atoms with Crippen LogP contribution >= 0.6 is 0 Å². The SMILES string of the molecule is CC(=O)OOC(=O)CC(O)(C(=O)OOC(C)=O)C(C(=O)OOC(=O)O)C1(O)O[C@H](CO)[C@@H](O)[C@H](O)[C@H]1O. The van der Waals surface area contributed by atoms with Crippen LogP contribution in [-0.4, -0.2) is 114 Å². The summed E-state index contributed by atoms with van der Waals surface area (Å²) in [5, 5.41) is 70.5. The van der Waals surface area contributed by atoms with Crippen LogP contribution in [0.1, 0.15) is 20.3 Å². The molecule has 0 radical (unpaired) electrons. The number of carbonyl (C=O) groups excluding carboxylic acids is 5. The van der Waals surface area contributed by atoms with Crippen LogP contribution in [0.15, 0.2) is 0 Å². The van der Waals surface area contributed by atoms with Crippen molar-refractivity contribution in [1.29, 1.82) is 0 Å². The molecule has 0 aromatic rings. The number of hydrogen-bond donors (Lipinski definition) is 7. The Balaban J connectivity index is 3.72. The number of aliphatic hydroxyl groups is 6. The smallest absolute Gasteiger partial charge is 0.447 e. The van der Waals surface area contributed by atoms with Crippen molar-refractivity contribution >= 4 is 36.0 Å². The van der Waals surface area contributed by atoms with Gasteiger partial charge in [-0.15, -0.1) is 0 Å². The van der Waals surface area contributed by atoms with Crippen molar-refractivity contribution in [2.45, 2.75) is 56.1 Å². The average molecular weight is 546 g/mol. The predicted molar refractivity (Wildman–Crippen MR) is 98.9 cm³/mol. The van der Waals surface area contributed by atoms with E-state index in [9.17, 15) is 59.4 Å². The molecule has 0 aromatic heterocycles. The molecule has 1 saturated heterocycles. The van der Waals surface area contributed by atoms with Crippen molar-refractivity contribution in [3.05, 3.63) is 0 Å². The Kier molecular flexibility index (Phi) is 10.6. The highest BCUT2D eigenvalue weighted by atomic mass is 17.2. The summed E-state index contributed by atoms with van der Waals surface area (Å²) in [6, 6.07) is 0. The first-order valence-electron chi connectivity index (χ1n) is 9.67. The van der Waals surface area contributed by atoms with E-state index >= 15 is 0 Å². The molecule has 0 saturated carbocycles. The zero-order valence-corrected chi connectivity index (χ0v) is 18.7. The minimum absolute atomic E-state index is 0.679. The fraction of sp³-hybridized carbons (Fsp3) is 0.647. The lowest BCUT2D eigenvalue weighted by Gasteiger charge is -2.49. The average Bonchev–Trinajstić information content (AvgIpc) is 2.80. The summed E-state index contributed by atoms with van der Waals surface area (Å²) < 4.78 is 4.84. The third kappa shape index (κ3) is 7.42. The normalized spacial score (nSPS) is 27.5. The highest BCUT2D eigenvalue weighted by Crippen LogP contribution is 2.42. The second kappa shape index (κ2) is 12.5. The van der Waals surface area contributed by atoms with Crippen molar-refractivity contribution in [1.82, 2.24) is 0 Å². The van der Waals surface area contributed by atoms with Crippen LogP contribution in [-0.2, 0) is 58.0 Å². The third-order valence-corrected chi connectivity index (χ3v) is 4.57. The maximum atomic E-state index is 12.7. The van der Waals surface area contributed by atoms with E-state index in [4.69, 9.17) is 9.84 Å². The number of hydrogen-bond acceptors (Lipinski definition) is 19. The maximum Gasteiger partial charge on any atom is 0.547 e. The van der Waals surface area contributed by atoms with Crippen LogP contribution in [0.4, 0.5) is 4.79 Å². The summed E-state index contributed by atoms with van der Waals surface area (Å²) in [5.74, 6) is -16.3. The van der Waals surface area contributed by atoms with E-state index in [2.05, 4.69) is 29.3 Å². The molecule has 20 heteroatoms. The van der Waals surface area contributed by atoms with Crippen LogP contribution in [0.3, 0.4) is 0 Å². The standard InChI is InChI=1S/C17H22O20/c1-5(19)32-34-8(21)3-16(29,14(26)36-33-6(2)20)11(13(25)35-37-15(27)28)17(30)12(24)10(23)9(22)7(4-18)31-17/h7,9-12,18,22-24,29-30H,3-4H2,1-2H3,(H,27,28)/t7-,9-,10+,11?,12-,16?,17?/m1/s1. The van der Waals surface area contributed by atoms with Crippen molar-refractivity contribution in [2.24, 2.45) is 5.92 Å². The van der Waals surface area contributed by atoms with Gasteiger partial charge in [-0.1, -0.05) is 0 Å². The summed E-state index contributed by atoms with van der Waals surface area (Å²) in [6.45, 7) is 0.179. The maximum absolute atomic E-state index is 12.7. The van der Waals surface area contributed by atoms with Crippen molar-refractivity contribution in [2.75, 3.05) is 6.61 Å². The van der Waals surface area contributed by atoms with Crippen molar-refractivity contribution < 1.29 is 98.6 Å². The number of ether oxygens (including phenoxy) is 1. The third-order valence-electron chi connectivity index (χ3n) is 4.57. The van der Waals surface area contributed by atoms with E-state index in [-0.39, 0.29) is 0 Å². The molecule has 1 rings (SSSR count).